The number of hydrogen-bond acceptors (Lipinski definition) is 3. The second-order valence-corrected chi connectivity index (χ2v) is 11.5. The highest BCUT2D eigenvalue weighted by molar-refractivity contribution is 5.94. The molecule has 5 aliphatic rings. The first-order valence-electron chi connectivity index (χ1n) is 11.6. The van der Waals surface area contributed by atoms with Crippen LogP contribution < -0.4 is 5.32 Å². The Bertz CT molecular complexity index is 855. The van der Waals surface area contributed by atoms with Crippen molar-refractivity contribution in [3.63, 3.8) is 0 Å². The first kappa shape index (κ1) is 19.9. The van der Waals surface area contributed by atoms with Crippen molar-refractivity contribution in [1.29, 1.82) is 0 Å². The van der Waals surface area contributed by atoms with Crippen LogP contribution in [0.15, 0.2) is 24.3 Å². The molecule has 0 aromatic heterocycles. The molecule has 5 heteroatoms. The number of carbonyl (C=O) groups excluding carboxylic acids is 2. The second kappa shape index (κ2) is 6.73. The van der Waals surface area contributed by atoms with Gasteiger partial charge in [0.2, 0.25) is 11.8 Å². The minimum atomic E-state index is -0.159. The predicted octanol–water partition coefficient (Wildman–Crippen LogP) is 4.57. The topological polar surface area (TPSA) is 69.6 Å². The highest BCUT2D eigenvalue weighted by Crippen LogP contribution is 2.69. The lowest BCUT2D eigenvalue weighted by Crippen LogP contribution is -2.61. The fourth-order valence-corrected chi connectivity index (χ4v) is 8.18. The van der Waals surface area contributed by atoms with Crippen molar-refractivity contribution in [3.8, 4) is 5.75 Å². The van der Waals surface area contributed by atoms with Gasteiger partial charge in [-0.05, 0) is 80.2 Å². The molecule has 4 bridgehead atoms. The maximum absolute atomic E-state index is 13.7. The molecule has 1 aliphatic heterocycles. The molecular formula is C25H34N2O3. The summed E-state index contributed by atoms with van der Waals surface area (Å²) in [4.78, 5) is 28.5. The number of nitrogens with zero attached hydrogens (tertiary/aromatic N) is 1. The Labute approximate surface area is 179 Å². The molecule has 1 aromatic rings. The first-order valence-corrected chi connectivity index (χ1v) is 11.6. The maximum atomic E-state index is 13.7. The van der Waals surface area contributed by atoms with E-state index < -0.39 is 0 Å². The third-order valence-electron chi connectivity index (χ3n) is 8.39. The van der Waals surface area contributed by atoms with Crippen LogP contribution in [0.25, 0.3) is 0 Å². The number of benzene rings is 1. The van der Waals surface area contributed by atoms with Crippen molar-refractivity contribution in [2.75, 3.05) is 18.4 Å². The Morgan fingerprint density at radius 3 is 2.23 bits per heavy atom. The van der Waals surface area contributed by atoms with Gasteiger partial charge in [-0.3, -0.25) is 9.59 Å². The van der Waals surface area contributed by atoms with Crippen LogP contribution in [0.5, 0.6) is 5.75 Å². The SMILES string of the molecule is CC12CC3CC(C)(C1)CC(C(=O)N1CCC(C(=O)Nc4ccccc4O)CC1)(C3)C2. The van der Waals surface area contributed by atoms with Crippen molar-refractivity contribution >= 4 is 17.5 Å². The average Bonchev–Trinajstić information content (AvgIpc) is 2.66. The van der Waals surface area contributed by atoms with Gasteiger partial charge < -0.3 is 15.3 Å². The van der Waals surface area contributed by atoms with Gasteiger partial charge in [0.05, 0.1) is 11.1 Å². The lowest BCUT2D eigenvalue weighted by molar-refractivity contribution is -0.180. The molecule has 5 fully saturated rings. The van der Waals surface area contributed by atoms with Gasteiger partial charge in [0.25, 0.3) is 0 Å². The molecule has 2 N–H and O–H groups in total. The van der Waals surface area contributed by atoms with Gasteiger partial charge >= 0.3 is 0 Å². The molecule has 5 nitrogen and oxygen atoms in total. The molecule has 0 radical (unpaired) electrons. The zero-order valence-electron chi connectivity index (χ0n) is 18.2. The summed E-state index contributed by atoms with van der Waals surface area (Å²) in [6.07, 6.45) is 8.44. The van der Waals surface area contributed by atoms with Crippen LogP contribution in [-0.4, -0.2) is 34.9 Å². The highest BCUT2D eigenvalue weighted by atomic mass is 16.3. The van der Waals surface area contributed by atoms with Crippen LogP contribution in [0.3, 0.4) is 0 Å². The molecule has 0 spiro atoms. The largest absolute Gasteiger partial charge is 0.506 e. The average molecular weight is 411 g/mol. The minimum Gasteiger partial charge on any atom is -0.506 e. The van der Waals surface area contributed by atoms with Crippen molar-refractivity contribution < 1.29 is 14.7 Å². The Hall–Kier alpha value is -2.04. The van der Waals surface area contributed by atoms with Crippen molar-refractivity contribution in [1.82, 2.24) is 4.90 Å². The molecule has 4 saturated carbocycles. The number of amides is 2. The van der Waals surface area contributed by atoms with Gasteiger partial charge in [0.1, 0.15) is 5.75 Å². The molecule has 6 rings (SSSR count). The normalized spacial score (nSPS) is 37.9. The summed E-state index contributed by atoms with van der Waals surface area (Å²) in [5.41, 5.74) is 0.962. The number of likely N-dealkylation sites (tertiary alicyclic amines) is 1. The zero-order chi connectivity index (χ0) is 21.1. The van der Waals surface area contributed by atoms with Crippen molar-refractivity contribution in [2.45, 2.75) is 65.2 Å². The predicted molar refractivity (Wildman–Crippen MR) is 116 cm³/mol. The summed E-state index contributed by atoms with van der Waals surface area (Å²) >= 11 is 0. The van der Waals surface area contributed by atoms with E-state index in [1.54, 1.807) is 24.3 Å². The van der Waals surface area contributed by atoms with Gasteiger partial charge in [-0.25, -0.2) is 0 Å². The molecule has 4 aliphatic carbocycles. The quantitative estimate of drug-likeness (QED) is 0.718. The number of piperidine rings is 1. The van der Waals surface area contributed by atoms with Gasteiger partial charge in [-0.15, -0.1) is 0 Å². The molecule has 2 atom stereocenters. The fraction of sp³-hybridized carbons (Fsp3) is 0.680. The molecule has 162 valence electrons. The smallest absolute Gasteiger partial charge is 0.228 e. The summed E-state index contributed by atoms with van der Waals surface area (Å²) in [5.74, 6) is 0.992. The first-order chi connectivity index (χ1) is 14.2. The summed E-state index contributed by atoms with van der Waals surface area (Å²) in [6.45, 7) is 6.15. The second-order valence-electron chi connectivity index (χ2n) is 11.5. The van der Waals surface area contributed by atoms with Crippen LogP contribution in [0.4, 0.5) is 5.69 Å². The molecular weight excluding hydrogens is 376 g/mol. The fourth-order valence-electron chi connectivity index (χ4n) is 8.18. The number of anilines is 1. The lowest BCUT2D eigenvalue weighted by atomic mass is 9.40. The van der Waals surface area contributed by atoms with Gasteiger partial charge in [0.15, 0.2) is 0 Å². The zero-order valence-corrected chi connectivity index (χ0v) is 18.2. The maximum Gasteiger partial charge on any atom is 0.228 e. The monoisotopic (exact) mass is 410 g/mol. The van der Waals surface area contributed by atoms with E-state index in [2.05, 4.69) is 24.1 Å². The lowest BCUT2D eigenvalue weighted by Gasteiger charge is -2.65. The highest BCUT2D eigenvalue weighted by Gasteiger charge is 2.63. The van der Waals surface area contributed by atoms with Crippen molar-refractivity contribution in [2.24, 2.45) is 28.1 Å². The third kappa shape index (κ3) is 3.30. The number of nitrogens with one attached hydrogen (secondary N) is 1. The summed E-state index contributed by atoms with van der Waals surface area (Å²) in [6, 6.07) is 6.81. The number of phenols is 1. The Morgan fingerprint density at radius 2 is 1.63 bits per heavy atom. The summed E-state index contributed by atoms with van der Waals surface area (Å²) in [7, 11) is 0. The summed E-state index contributed by atoms with van der Waals surface area (Å²) < 4.78 is 0. The van der Waals surface area contributed by atoms with E-state index in [1.165, 1.54) is 19.3 Å². The van der Waals surface area contributed by atoms with Crippen molar-refractivity contribution in [3.05, 3.63) is 24.3 Å². The van der Waals surface area contributed by atoms with Gasteiger partial charge in [-0.1, -0.05) is 26.0 Å². The van der Waals surface area contributed by atoms with Gasteiger partial charge in [0, 0.05) is 19.0 Å². The summed E-state index contributed by atoms with van der Waals surface area (Å²) in [5, 5.41) is 12.7. The third-order valence-corrected chi connectivity index (χ3v) is 8.39. The van der Waals surface area contributed by atoms with Gasteiger partial charge in [-0.2, -0.15) is 0 Å². The molecule has 1 aromatic carbocycles. The van der Waals surface area contributed by atoms with E-state index in [4.69, 9.17) is 0 Å². The number of para-hydroxylation sites is 2. The van der Waals surface area contributed by atoms with E-state index in [1.807, 2.05) is 0 Å². The molecule has 30 heavy (non-hydrogen) atoms. The van der Waals surface area contributed by atoms with E-state index in [0.717, 1.165) is 19.3 Å². The number of carbonyl (C=O) groups is 2. The Morgan fingerprint density at radius 1 is 1.00 bits per heavy atom. The number of rotatable bonds is 3. The van der Waals surface area contributed by atoms with E-state index in [-0.39, 0.29) is 23.0 Å². The van der Waals surface area contributed by atoms with E-state index in [9.17, 15) is 14.7 Å². The van der Waals surface area contributed by atoms with Crippen LogP contribution in [0.2, 0.25) is 0 Å². The Kier molecular flexibility index (Phi) is 4.46. The standard InChI is InChI=1S/C25H34N2O3/c1-23-11-17-12-24(2,14-23)16-25(13-17,15-23)22(30)27-9-7-18(8-10-27)21(29)26-19-5-3-4-6-20(19)28/h3-6,17-18,28H,7-16H2,1-2H3,(H,26,29). The Balaban J connectivity index is 1.23. The number of phenolic OH excluding ortho intramolecular Hbond substituents is 1. The molecule has 2 amide bonds. The molecule has 1 heterocycles. The van der Waals surface area contributed by atoms with E-state index in [0.29, 0.717) is 54.3 Å². The van der Waals surface area contributed by atoms with E-state index >= 15 is 0 Å². The van der Waals surface area contributed by atoms with Crippen LogP contribution >= 0.6 is 0 Å². The minimum absolute atomic E-state index is 0.0570. The van der Waals surface area contributed by atoms with Crippen LogP contribution in [0, 0.1) is 28.1 Å². The molecule has 1 saturated heterocycles. The molecule has 2 unspecified atom stereocenters. The number of aromatic hydroxyl groups is 1. The number of hydrogen-bond donors (Lipinski definition) is 2. The van der Waals surface area contributed by atoms with Crippen LogP contribution in [0.1, 0.15) is 65.2 Å². The van der Waals surface area contributed by atoms with Crippen LogP contribution in [-0.2, 0) is 9.59 Å².